The molecular weight excluding hydrogens is 195 g/mol. The zero-order valence-electron chi connectivity index (χ0n) is 9.89. The summed E-state index contributed by atoms with van der Waals surface area (Å²) in [7, 11) is 0. The molecule has 90 valence electrons. The Morgan fingerprint density at radius 1 is 1.27 bits per heavy atom. The van der Waals surface area contributed by atoms with E-state index in [0.717, 1.165) is 45.6 Å². The summed E-state index contributed by atoms with van der Waals surface area (Å²) in [5.41, 5.74) is 0.159. The lowest BCUT2D eigenvalue weighted by molar-refractivity contribution is -0.151. The van der Waals surface area contributed by atoms with Crippen molar-refractivity contribution in [2.45, 2.75) is 26.7 Å². The second-order valence-corrected chi connectivity index (χ2v) is 4.28. The van der Waals surface area contributed by atoms with Crippen LogP contribution < -0.4 is 5.32 Å². The minimum Gasteiger partial charge on any atom is -0.314 e. The van der Waals surface area contributed by atoms with Gasteiger partial charge in [0.15, 0.2) is 0 Å². The maximum Gasteiger partial charge on any atom is 0.0944 e. The fourth-order valence-corrected chi connectivity index (χ4v) is 1.98. The lowest BCUT2D eigenvalue weighted by atomic mass is 10.1. The number of halogens is 1. The number of rotatable bonds is 4. The molecule has 0 spiro atoms. The summed E-state index contributed by atoms with van der Waals surface area (Å²) < 4.78 is 11.8. The molecule has 0 aromatic heterocycles. The predicted molar refractivity (Wildman–Crippen MR) is 59.4 cm³/mol. The summed E-state index contributed by atoms with van der Waals surface area (Å²) >= 11 is 0. The lowest BCUT2D eigenvalue weighted by Gasteiger charge is -2.30. The summed E-state index contributed by atoms with van der Waals surface area (Å²) in [6, 6.07) is 0. The van der Waals surface area contributed by atoms with Crippen LogP contribution >= 0.6 is 0 Å². The molecule has 0 atom stereocenters. The topological polar surface area (TPSA) is 24.5 Å². The molecule has 0 aromatic rings. The molecule has 1 aliphatic heterocycles. The van der Waals surface area contributed by atoms with Crippen LogP contribution in [0.3, 0.4) is 0 Å². The van der Waals surface area contributed by atoms with Crippen molar-refractivity contribution >= 4 is 0 Å². The Morgan fingerprint density at radius 3 is 2.33 bits per heavy atom. The highest BCUT2D eigenvalue weighted by atomic mass is 19.3. The van der Waals surface area contributed by atoms with Gasteiger partial charge in [-0.25, -0.2) is 0 Å². The van der Waals surface area contributed by atoms with E-state index in [0.29, 0.717) is 0 Å². The molecule has 2 rings (SSSR count). The van der Waals surface area contributed by atoms with Crippen molar-refractivity contribution in [3.8, 4) is 0 Å². The Kier molecular flexibility index (Phi) is 5.50. The number of hydrogen-bond acceptors (Lipinski definition) is 3. The molecule has 3 nitrogen and oxygen atoms in total. The summed E-state index contributed by atoms with van der Waals surface area (Å²) in [6.45, 7) is 9.61. The SMILES string of the molecule is CC.FOCC1(CN2CCNCC2)CC1. The predicted octanol–water partition coefficient (Wildman–Crippen LogP) is 1.60. The van der Waals surface area contributed by atoms with Crippen LogP contribution in [0.2, 0.25) is 0 Å². The van der Waals surface area contributed by atoms with Crippen LogP contribution in [0.15, 0.2) is 0 Å². The molecule has 1 aliphatic carbocycles. The van der Waals surface area contributed by atoms with Gasteiger partial charge in [0.2, 0.25) is 0 Å². The van der Waals surface area contributed by atoms with Crippen molar-refractivity contribution in [2.24, 2.45) is 5.41 Å². The van der Waals surface area contributed by atoms with Crippen LogP contribution in [-0.4, -0.2) is 44.2 Å². The third-order valence-electron chi connectivity index (χ3n) is 3.09. The van der Waals surface area contributed by atoms with E-state index >= 15 is 0 Å². The van der Waals surface area contributed by atoms with E-state index in [-0.39, 0.29) is 12.0 Å². The molecule has 0 amide bonds. The minimum atomic E-state index is 0.159. The monoisotopic (exact) mass is 218 g/mol. The molecule has 0 radical (unpaired) electrons. The van der Waals surface area contributed by atoms with Gasteiger partial charge in [-0.1, -0.05) is 13.8 Å². The normalized spacial score (nSPS) is 24.2. The third-order valence-corrected chi connectivity index (χ3v) is 3.09. The Hall–Kier alpha value is -0.190. The van der Waals surface area contributed by atoms with Gasteiger partial charge in [-0.05, 0) is 17.4 Å². The Labute approximate surface area is 91.9 Å². The molecule has 15 heavy (non-hydrogen) atoms. The fourth-order valence-electron chi connectivity index (χ4n) is 1.98. The maximum atomic E-state index is 11.8. The third kappa shape index (κ3) is 4.05. The second-order valence-electron chi connectivity index (χ2n) is 4.28. The first kappa shape index (κ1) is 12.9. The zero-order chi connectivity index (χ0) is 11.1. The van der Waals surface area contributed by atoms with E-state index in [1.807, 2.05) is 13.8 Å². The standard InChI is InChI=1S/C9H17FN2O.C2H6/c10-13-8-9(1-2-9)7-12-5-3-11-4-6-12;1-2/h11H,1-8H2;1-2H3. The van der Waals surface area contributed by atoms with Crippen molar-refractivity contribution in [3.63, 3.8) is 0 Å². The zero-order valence-corrected chi connectivity index (χ0v) is 9.89. The maximum absolute atomic E-state index is 11.8. The first-order valence-electron chi connectivity index (χ1n) is 6.01. The molecular formula is C11H23FN2O. The Morgan fingerprint density at radius 2 is 1.87 bits per heavy atom. The highest BCUT2D eigenvalue weighted by Crippen LogP contribution is 2.46. The average molecular weight is 218 g/mol. The molecule has 1 saturated heterocycles. The molecule has 2 fully saturated rings. The molecule has 1 heterocycles. The van der Waals surface area contributed by atoms with E-state index < -0.39 is 0 Å². The molecule has 0 aromatic carbocycles. The van der Waals surface area contributed by atoms with E-state index in [9.17, 15) is 4.53 Å². The van der Waals surface area contributed by atoms with Gasteiger partial charge in [0.25, 0.3) is 0 Å². The first-order valence-corrected chi connectivity index (χ1v) is 6.01. The smallest absolute Gasteiger partial charge is 0.0944 e. The molecule has 0 bridgehead atoms. The highest BCUT2D eigenvalue weighted by molar-refractivity contribution is 4.95. The number of nitrogens with zero attached hydrogens (tertiary/aromatic N) is 1. The van der Waals surface area contributed by atoms with Gasteiger partial charge in [0, 0.05) is 38.1 Å². The van der Waals surface area contributed by atoms with Crippen LogP contribution in [-0.2, 0) is 4.94 Å². The highest BCUT2D eigenvalue weighted by Gasteiger charge is 2.44. The average Bonchev–Trinajstić information content (AvgIpc) is 3.03. The van der Waals surface area contributed by atoms with Gasteiger partial charge in [-0.15, -0.1) is 0 Å². The van der Waals surface area contributed by atoms with Crippen LogP contribution in [0.25, 0.3) is 0 Å². The van der Waals surface area contributed by atoms with Crippen LogP contribution in [0.1, 0.15) is 26.7 Å². The van der Waals surface area contributed by atoms with Crippen molar-refractivity contribution in [1.29, 1.82) is 0 Å². The van der Waals surface area contributed by atoms with Gasteiger partial charge < -0.3 is 10.2 Å². The number of nitrogens with one attached hydrogen (secondary N) is 1. The van der Waals surface area contributed by atoms with Gasteiger partial charge in [-0.3, -0.25) is 0 Å². The second kappa shape index (κ2) is 6.40. The van der Waals surface area contributed by atoms with Crippen molar-refractivity contribution in [1.82, 2.24) is 10.2 Å². The molecule has 1 N–H and O–H groups in total. The summed E-state index contributed by atoms with van der Waals surface area (Å²) in [6.07, 6.45) is 2.25. The number of hydrogen-bond donors (Lipinski definition) is 1. The van der Waals surface area contributed by atoms with Crippen molar-refractivity contribution in [2.75, 3.05) is 39.3 Å². The fraction of sp³-hybridized carbons (Fsp3) is 1.00. The molecule has 2 aliphatic rings. The van der Waals surface area contributed by atoms with Crippen LogP contribution in [0, 0.1) is 5.41 Å². The van der Waals surface area contributed by atoms with E-state index in [1.54, 1.807) is 0 Å². The minimum absolute atomic E-state index is 0.159. The van der Waals surface area contributed by atoms with Gasteiger partial charge in [0.1, 0.15) is 0 Å². The van der Waals surface area contributed by atoms with E-state index in [4.69, 9.17) is 0 Å². The van der Waals surface area contributed by atoms with Crippen molar-refractivity contribution in [3.05, 3.63) is 0 Å². The van der Waals surface area contributed by atoms with Gasteiger partial charge in [-0.2, -0.15) is 4.94 Å². The Bertz CT molecular complexity index is 168. The largest absolute Gasteiger partial charge is 0.314 e. The summed E-state index contributed by atoms with van der Waals surface area (Å²) in [4.78, 5) is 6.17. The van der Waals surface area contributed by atoms with E-state index in [2.05, 4.69) is 15.2 Å². The number of piperazine rings is 1. The lowest BCUT2D eigenvalue weighted by Crippen LogP contribution is -2.46. The quantitative estimate of drug-likeness (QED) is 0.775. The van der Waals surface area contributed by atoms with E-state index in [1.165, 1.54) is 0 Å². The molecule has 1 saturated carbocycles. The van der Waals surface area contributed by atoms with Crippen LogP contribution in [0.5, 0.6) is 0 Å². The molecule has 0 unspecified atom stereocenters. The first-order chi connectivity index (χ1) is 7.35. The van der Waals surface area contributed by atoms with Crippen LogP contribution in [0.4, 0.5) is 4.53 Å². The summed E-state index contributed by atoms with van der Waals surface area (Å²) in [5, 5.41) is 3.31. The van der Waals surface area contributed by atoms with Crippen molar-refractivity contribution < 1.29 is 9.47 Å². The molecule has 4 heteroatoms. The Balaban J connectivity index is 0.000000531. The van der Waals surface area contributed by atoms with Gasteiger partial charge >= 0.3 is 0 Å². The summed E-state index contributed by atoms with van der Waals surface area (Å²) in [5.74, 6) is 0. The van der Waals surface area contributed by atoms with Gasteiger partial charge in [0.05, 0.1) is 6.61 Å².